The summed E-state index contributed by atoms with van der Waals surface area (Å²) in [4.78, 5) is 16.3. The molecule has 2 saturated heterocycles. The Bertz CT molecular complexity index is 984. The molecule has 0 saturated carbocycles. The lowest BCUT2D eigenvalue weighted by molar-refractivity contribution is -0.121. The van der Waals surface area contributed by atoms with Gasteiger partial charge >= 0.3 is 0 Å². The van der Waals surface area contributed by atoms with Crippen molar-refractivity contribution in [3.8, 4) is 6.07 Å². The minimum atomic E-state index is -3.44. The van der Waals surface area contributed by atoms with Crippen LogP contribution in [0, 0.1) is 11.3 Å². The highest BCUT2D eigenvalue weighted by molar-refractivity contribution is 7.86. The average molecular weight is 494 g/mol. The van der Waals surface area contributed by atoms with E-state index in [0.29, 0.717) is 49.8 Å². The van der Waals surface area contributed by atoms with Gasteiger partial charge in [-0.25, -0.2) is 0 Å². The first-order chi connectivity index (χ1) is 15.9. The van der Waals surface area contributed by atoms with Crippen molar-refractivity contribution in [1.82, 2.24) is 13.5 Å². The normalized spacial score (nSPS) is 22.5. The SMILES string of the molecule is CC(C(=O)Nc1sc2c(c1C#N)CCCCC2)N1CCN(S(=O)(=O)N2CCCCCC2)CC1. The molecule has 0 aromatic carbocycles. The van der Waals surface area contributed by atoms with Crippen molar-refractivity contribution in [1.29, 1.82) is 5.26 Å². The van der Waals surface area contributed by atoms with E-state index in [4.69, 9.17) is 0 Å². The van der Waals surface area contributed by atoms with Crippen LogP contribution in [-0.2, 0) is 27.8 Å². The number of carbonyl (C=O) groups excluding carboxylic acids is 1. The van der Waals surface area contributed by atoms with Gasteiger partial charge in [0.2, 0.25) is 5.91 Å². The van der Waals surface area contributed by atoms with E-state index >= 15 is 0 Å². The number of fused-ring (bicyclic) bond motifs is 1. The monoisotopic (exact) mass is 493 g/mol. The molecule has 3 aliphatic rings. The Morgan fingerprint density at radius 2 is 1.55 bits per heavy atom. The first-order valence-electron chi connectivity index (χ1n) is 12.3. The zero-order valence-corrected chi connectivity index (χ0v) is 21.1. The van der Waals surface area contributed by atoms with Gasteiger partial charge < -0.3 is 5.32 Å². The van der Waals surface area contributed by atoms with Crippen molar-refractivity contribution in [3.63, 3.8) is 0 Å². The van der Waals surface area contributed by atoms with Crippen molar-refractivity contribution in [2.75, 3.05) is 44.6 Å². The molecule has 1 aliphatic carbocycles. The summed E-state index contributed by atoms with van der Waals surface area (Å²) in [6.45, 7) is 4.90. The van der Waals surface area contributed by atoms with Crippen LogP contribution in [0.4, 0.5) is 5.00 Å². The molecule has 1 atom stereocenters. The topological polar surface area (TPSA) is 96.7 Å². The molecule has 2 fully saturated rings. The molecule has 33 heavy (non-hydrogen) atoms. The van der Waals surface area contributed by atoms with E-state index in [2.05, 4.69) is 11.4 Å². The summed E-state index contributed by atoms with van der Waals surface area (Å²) >= 11 is 1.55. The molecule has 1 aromatic heterocycles. The quantitative estimate of drug-likeness (QED) is 0.636. The van der Waals surface area contributed by atoms with Crippen molar-refractivity contribution in [2.45, 2.75) is 70.8 Å². The number of nitrogens with one attached hydrogen (secondary N) is 1. The summed E-state index contributed by atoms with van der Waals surface area (Å²) in [5, 5.41) is 13.4. The van der Waals surface area contributed by atoms with Gasteiger partial charge in [0, 0.05) is 44.1 Å². The number of amides is 1. The lowest BCUT2D eigenvalue weighted by Crippen LogP contribution is -2.56. The van der Waals surface area contributed by atoms with Crippen LogP contribution < -0.4 is 5.32 Å². The summed E-state index contributed by atoms with van der Waals surface area (Å²) < 4.78 is 29.3. The molecule has 3 heterocycles. The van der Waals surface area contributed by atoms with Gasteiger partial charge in [-0.1, -0.05) is 19.3 Å². The van der Waals surface area contributed by atoms with Crippen molar-refractivity contribution >= 4 is 32.5 Å². The van der Waals surface area contributed by atoms with Gasteiger partial charge in [-0.05, 0) is 51.0 Å². The summed E-state index contributed by atoms with van der Waals surface area (Å²) in [5.74, 6) is -0.133. The van der Waals surface area contributed by atoms with E-state index in [0.717, 1.165) is 56.9 Å². The Balaban J connectivity index is 1.36. The predicted molar refractivity (Wildman–Crippen MR) is 130 cm³/mol. The Labute approximate surface area is 201 Å². The minimum Gasteiger partial charge on any atom is -0.315 e. The number of rotatable bonds is 5. The van der Waals surface area contributed by atoms with Gasteiger partial charge in [-0.2, -0.15) is 22.3 Å². The molecular weight excluding hydrogens is 458 g/mol. The molecule has 0 spiro atoms. The minimum absolute atomic E-state index is 0.133. The fourth-order valence-electron chi connectivity index (χ4n) is 5.09. The lowest BCUT2D eigenvalue weighted by atomic mass is 10.1. The molecule has 2 aliphatic heterocycles. The third kappa shape index (κ3) is 5.43. The second kappa shape index (κ2) is 10.8. The summed E-state index contributed by atoms with van der Waals surface area (Å²) in [5.41, 5.74) is 1.75. The van der Waals surface area contributed by atoms with E-state index in [1.54, 1.807) is 19.9 Å². The van der Waals surface area contributed by atoms with E-state index in [1.165, 1.54) is 11.3 Å². The number of anilines is 1. The Hall–Kier alpha value is -1.51. The summed E-state index contributed by atoms with van der Waals surface area (Å²) in [7, 11) is -3.44. The number of aryl methyl sites for hydroxylation is 1. The Kier molecular flexibility index (Phi) is 8.07. The van der Waals surface area contributed by atoms with Crippen LogP contribution in [-0.4, -0.2) is 73.1 Å². The summed E-state index contributed by atoms with van der Waals surface area (Å²) in [6.07, 6.45) is 9.33. The molecule has 8 nitrogen and oxygen atoms in total. The van der Waals surface area contributed by atoms with Crippen LogP contribution in [0.25, 0.3) is 0 Å². The largest absolute Gasteiger partial charge is 0.315 e. The van der Waals surface area contributed by atoms with E-state index in [-0.39, 0.29) is 11.9 Å². The van der Waals surface area contributed by atoms with E-state index < -0.39 is 10.2 Å². The second-order valence-electron chi connectivity index (χ2n) is 9.30. The zero-order chi connectivity index (χ0) is 23.4. The van der Waals surface area contributed by atoms with Gasteiger partial charge in [-0.3, -0.25) is 9.69 Å². The van der Waals surface area contributed by atoms with Crippen LogP contribution in [0.5, 0.6) is 0 Å². The molecule has 4 rings (SSSR count). The number of piperazine rings is 1. The average Bonchev–Trinajstić information content (AvgIpc) is 3.05. The third-order valence-electron chi connectivity index (χ3n) is 7.19. The first kappa shape index (κ1) is 24.6. The predicted octanol–water partition coefficient (Wildman–Crippen LogP) is 2.95. The number of hydrogen-bond donors (Lipinski definition) is 1. The van der Waals surface area contributed by atoms with Gasteiger partial charge in [0.1, 0.15) is 11.1 Å². The maximum Gasteiger partial charge on any atom is 0.282 e. The number of carbonyl (C=O) groups is 1. The highest BCUT2D eigenvalue weighted by Crippen LogP contribution is 2.37. The standard InChI is InChI=1S/C23H35N5O3S2/c1-18(22(29)25-23-20(17-24)19-9-5-4-6-10-21(19)32-23)26-13-15-28(16-14-26)33(30,31)27-11-7-2-3-8-12-27/h18H,2-16H2,1H3,(H,25,29). The number of thiophene rings is 1. The van der Waals surface area contributed by atoms with Gasteiger partial charge in [0.05, 0.1) is 11.6 Å². The molecule has 0 bridgehead atoms. The number of nitrogens with zero attached hydrogens (tertiary/aromatic N) is 4. The molecule has 1 amide bonds. The van der Waals surface area contributed by atoms with Crippen molar-refractivity contribution < 1.29 is 13.2 Å². The van der Waals surface area contributed by atoms with Crippen LogP contribution in [0.1, 0.15) is 67.9 Å². The van der Waals surface area contributed by atoms with E-state index in [1.807, 2.05) is 11.8 Å². The highest BCUT2D eigenvalue weighted by atomic mass is 32.2. The second-order valence-corrected chi connectivity index (χ2v) is 12.3. The van der Waals surface area contributed by atoms with Crippen LogP contribution in [0.2, 0.25) is 0 Å². The molecule has 1 unspecified atom stereocenters. The van der Waals surface area contributed by atoms with Crippen LogP contribution >= 0.6 is 11.3 Å². The molecule has 1 aromatic rings. The molecule has 0 radical (unpaired) electrons. The zero-order valence-electron chi connectivity index (χ0n) is 19.5. The van der Waals surface area contributed by atoms with Gasteiger partial charge in [-0.15, -0.1) is 11.3 Å². The van der Waals surface area contributed by atoms with Crippen molar-refractivity contribution in [2.24, 2.45) is 0 Å². The van der Waals surface area contributed by atoms with E-state index in [9.17, 15) is 18.5 Å². The van der Waals surface area contributed by atoms with Crippen LogP contribution in [0.3, 0.4) is 0 Å². The molecule has 182 valence electrons. The third-order valence-corrected chi connectivity index (χ3v) is 10.4. The van der Waals surface area contributed by atoms with Gasteiger partial charge in [0.25, 0.3) is 10.2 Å². The number of nitriles is 1. The Morgan fingerprint density at radius 3 is 2.21 bits per heavy atom. The maximum atomic E-state index is 13.1. The fraction of sp³-hybridized carbons (Fsp3) is 0.739. The number of hydrogen-bond acceptors (Lipinski definition) is 6. The molecule has 1 N–H and O–H groups in total. The fourth-order valence-corrected chi connectivity index (χ4v) is 8.00. The van der Waals surface area contributed by atoms with Gasteiger partial charge in [0.15, 0.2) is 0 Å². The smallest absolute Gasteiger partial charge is 0.282 e. The van der Waals surface area contributed by atoms with Crippen LogP contribution in [0.15, 0.2) is 0 Å². The van der Waals surface area contributed by atoms with Crippen molar-refractivity contribution in [3.05, 3.63) is 16.0 Å². The Morgan fingerprint density at radius 1 is 0.939 bits per heavy atom. The maximum absolute atomic E-state index is 13.1. The molecule has 10 heteroatoms. The first-order valence-corrected chi connectivity index (χ1v) is 14.5. The lowest BCUT2D eigenvalue weighted by Gasteiger charge is -2.38. The summed E-state index contributed by atoms with van der Waals surface area (Å²) in [6, 6.07) is 1.93. The molecular formula is C23H35N5O3S2. The highest BCUT2D eigenvalue weighted by Gasteiger charge is 2.35.